The van der Waals surface area contributed by atoms with Gasteiger partial charge in [0.1, 0.15) is 6.61 Å². The maximum Gasteiger partial charge on any atom is 0.417 e. The van der Waals surface area contributed by atoms with Crippen LogP contribution >= 0.6 is 0 Å². The molecule has 0 aliphatic carbocycles. The second-order valence-electron chi connectivity index (χ2n) is 4.07. The summed E-state index contributed by atoms with van der Waals surface area (Å²) in [5.41, 5.74) is 6.45. The van der Waals surface area contributed by atoms with E-state index in [0.29, 0.717) is 0 Å². The summed E-state index contributed by atoms with van der Waals surface area (Å²) in [6, 6.07) is 4.44. The maximum absolute atomic E-state index is 12.1. The van der Waals surface area contributed by atoms with Crippen molar-refractivity contribution in [3.05, 3.63) is 23.8 Å². The third-order valence-corrected chi connectivity index (χ3v) is 2.49. The highest BCUT2D eigenvalue weighted by Gasteiger charge is 2.38. The molecular formula is C12H16F3NO3. The van der Waals surface area contributed by atoms with Gasteiger partial charge in [-0.25, -0.2) is 0 Å². The third-order valence-electron chi connectivity index (χ3n) is 2.49. The second-order valence-corrected chi connectivity index (χ2v) is 4.07. The van der Waals surface area contributed by atoms with E-state index in [4.69, 9.17) is 20.3 Å². The zero-order valence-electron chi connectivity index (χ0n) is 10.6. The molecular weight excluding hydrogens is 263 g/mol. The average Bonchev–Trinajstić information content (AvgIpc) is 2.34. The lowest BCUT2D eigenvalue weighted by atomic mass is 10.1. The zero-order valence-corrected chi connectivity index (χ0v) is 10.6. The number of hydrogen-bond donors (Lipinski definition) is 2. The lowest BCUT2D eigenvalue weighted by Gasteiger charge is -2.17. The minimum absolute atomic E-state index is 0.121. The van der Waals surface area contributed by atoms with E-state index in [9.17, 15) is 13.2 Å². The Morgan fingerprint density at radius 1 is 1.32 bits per heavy atom. The van der Waals surface area contributed by atoms with Gasteiger partial charge in [0, 0.05) is 6.04 Å². The van der Waals surface area contributed by atoms with Crippen molar-refractivity contribution in [3.8, 4) is 11.5 Å². The van der Waals surface area contributed by atoms with Gasteiger partial charge in [0.05, 0.1) is 7.11 Å². The van der Waals surface area contributed by atoms with Crippen molar-refractivity contribution in [1.29, 1.82) is 0 Å². The number of aliphatic hydroxyl groups is 1. The molecule has 0 aromatic heterocycles. The van der Waals surface area contributed by atoms with Gasteiger partial charge in [0.25, 0.3) is 0 Å². The summed E-state index contributed by atoms with van der Waals surface area (Å²) in [6.45, 7) is 0.875. The first-order valence-electron chi connectivity index (χ1n) is 5.56. The van der Waals surface area contributed by atoms with Gasteiger partial charge in [-0.05, 0) is 24.6 Å². The van der Waals surface area contributed by atoms with Crippen molar-refractivity contribution < 1.29 is 27.8 Å². The Morgan fingerprint density at radius 3 is 2.42 bits per heavy atom. The number of benzene rings is 1. The topological polar surface area (TPSA) is 64.7 Å². The molecule has 0 bridgehead atoms. The summed E-state index contributed by atoms with van der Waals surface area (Å²) in [6.07, 6.45) is -7.25. The average molecular weight is 279 g/mol. The minimum Gasteiger partial charge on any atom is -0.493 e. The zero-order chi connectivity index (χ0) is 14.6. The number of aliphatic hydroxyl groups excluding tert-OH is 1. The molecule has 1 aromatic carbocycles. The molecule has 0 aliphatic rings. The van der Waals surface area contributed by atoms with Crippen LogP contribution in [0.5, 0.6) is 11.5 Å². The van der Waals surface area contributed by atoms with Crippen LogP contribution in [0, 0.1) is 0 Å². The molecule has 0 heterocycles. The number of ether oxygens (including phenoxy) is 2. The van der Waals surface area contributed by atoms with Gasteiger partial charge >= 0.3 is 6.18 Å². The molecule has 0 fully saturated rings. The van der Waals surface area contributed by atoms with Gasteiger partial charge in [-0.3, -0.25) is 0 Å². The molecule has 0 spiro atoms. The molecule has 3 N–H and O–H groups in total. The lowest BCUT2D eigenvalue weighted by molar-refractivity contribution is -0.210. The largest absolute Gasteiger partial charge is 0.493 e. The molecule has 0 amide bonds. The number of halogens is 3. The molecule has 1 rings (SSSR count). The Hall–Kier alpha value is -1.47. The summed E-state index contributed by atoms with van der Waals surface area (Å²) in [4.78, 5) is 0. The maximum atomic E-state index is 12.1. The van der Waals surface area contributed by atoms with Crippen LogP contribution in [0.3, 0.4) is 0 Å². The van der Waals surface area contributed by atoms with Crippen LogP contribution in [0.4, 0.5) is 13.2 Å². The Labute approximate surface area is 108 Å². The quantitative estimate of drug-likeness (QED) is 0.865. The number of methoxy groups -OCH3 is 1. The van der Waals surface area contributed by atoms with E-state index in [2.05, 4.69) is 0 Å². The Morgan fingerprint density at radius 2 is 1.95 bits per heavy atom. The smallest absolute Gasteiger partial charge is 0.417 e. The van der Waals surface area contributed by atoms with Crippen molar-refractivity contribution in [2.24, 2.45) is 5.73 Å². The van der Waals surface area contributed by atoms with Gasteiger partial charge in [0.2, 0.25) is 0 Å². The van der Waals surface area contributed by atoms with E-state index < -0.39 is 18.9 Å². The van der Waals surface area contributed by atoms with Crippen LogP contribution in [0.25, 0.3) is 0 Å². The fourth-order valence-corrected chi connectivity index (χ4v) is 1.35. The highest BCUT2D eigenvalue weighted by Crippen LogP contribution is 2.30. The van der Waals surface area contributed by atoms with Crippen LogP contribution in [0.2, 0.25) is 0 Å². The summed E-state index contributed by atoms with van der Waals surface area (Å²) >= 11 is 0. The molecule has 4 nitrogen and oxygen atoms in total. The van der Waals surface area contributed by atoms with Crippen molar-refractivity contribution in [1.82, 2.24) is 0 Å². The number of nitrogens with two attached hydrogens (primary N) is 1. The van der Waals surface area contributed by atoms with E-state index in [1.54, 1.807) is 19.1 Å². The molecule has 1 aromatic rings. The van der Waals surface area contributed by atoms with E-state index in [0.717, 1.165) is 5.56 Å². The van der Waals surface area contributed by atoms with E-state index in [1.807, 2.05) is 0 Å². The first-order valence-corrected chi connectivity index (χ1v) is 5.56. The summed E-state index contributed by atoms with van der Waals surface area (Å²) in [5.74, 6) is 0.388. The lowest BCUT2D eigenvalue weighted by Crippen LogP contribution is -2.34. The van der Waals surface area contributed by atoms with E-state index in [1.165, 1.54) is 13.2 Å². The normalized spacial score (nSPS) is 14.9. The number of alkyl halides is 3. The highest BCUT2D eigenvalue weighted by atomic mass is 19.4. The van der Waals surface area contributed by atoms with E-state index >= 15 is 0 Å². The van der Waals surface area contributed by atoms with Gasteiger partial charge in [-0.1, -0.05) is 6.07 Å². The summed E-state index contributed by atoms with van der Waals surface area (Å²) in [7, 11) is 1.37. The Balaban J connectivity index is 2.79. The predicted molar refractivity (Wildman–Crippen MR) is 63.2 cm³/mol. The molecule has 2 atom stereocenters. The summed E-state index contributed by atoms with van der Waals surface area (Å²) in [5, 5.41) is 8.84. The van der Waals surface area contributed by atoms with Crippen LogP contribution in [-0.2, 0) is 0 Å². The monoisotopic (exact) mass is 279 g/mol. The van der Waals surface area contributed by atoms with E-state index in [-0.39, 0.29) is 17.5 Å². The SMILES string of the molecule is COc1cc([C@H](C)N)ccc1OCC(O)C(F)(F)F. The van der Waals surface area contributed by atoms with Gasteiger partial charge < -0.3 is 20.3 Å². The molecule has 0 saturated carbocycles. The van der Waals surface area contributed by atoms with Crippen molar-refractivity contribution in [2.75, 3.05) is 13.7 Å². The van der Waals surface area contributed by atoms with Crippen LogP contribution < -0.4 is 15.2 Å². The number of rotatable bonds is 5. The fourth-order valence-electron chi connectivity index (χ4n) is 1.35. The molecule has 108 valence electrons. The molecule has 0 saturated heterocycles. The number of hydrogen-bond acceptors (Lipinski definition) is 4. The Kier molecular flexibility index (Phi) is 5.02. The standard InChI is InChI=1S/C12H16F3NO3/c1-7(16)8-3-4-9(10(5-8)18-2)19-6-11(17)12(13,14)15/h3-5,7,11,17H,6,16H2,1-2H3/t7-,11?/m0/s1. The first-order chi connectivity index (χ1) is 8.75. The van der Waals surface area contributed by atoms with Gasteiger partial charge in [0.15, 0.2) is 17.6 Å². The molecule has 19 heavy (non-hydrogen) atoms. The van der Waals surface area contributed by atoms with Crippen molar-refractivity contribution >= 4 is 0 Å². The minimum atomic E-state index is -4.71. The molecule has 0 aliphatic heterocycles. The summed E-state index contributed by atoms with van der Waals surface area (Å²) < 4.78 is 46.3. The van der Waals surface area contributed by atoms with Gasteiger partial charge in [-0.2, -0.15) is 13.2 Å². The molecule has 1 unspecified atom stereocenters. The highest BCUT2D eigenvalue weighted by molar-refractivity contribution is 5.43. The molecule has 0 radical (unpaired) electrons. The molecule has 7 heteroatoms. The van der Waals surface area contributed by atoms with Gasteiger partial charge in [-0.15, -0.1) is 0 Å². The first kappa shape index (κ1) is 15.6. The van der Waals surface area contributed by atoms with Crippen LogP contribution in [-0.4, -0.2) is 31.1 Å². The van der Waals surface area contributed by atoms with Crippen molar-refractivity contribution in [3.63, 3.8) is 0 Å². The predicted octanol–water partition coefficient (Wildman–Crippen LogP) is 2.02. The second kappa shape index (κ2) is 6.12. The fraction of sp³-hybridized carbons (Fsp3) is 0.500. The Bertz CT molecular complexity index is 421. The van der Waals surface area contributed by atoms with Crippen LogP contribution in [0.1, 0.15) is 18.5 Å². The van der Waals surface area contributed by atoms with Crippen LogP contribution in [0.15, 0.2) is 18.2 Å². The van der Waals surface area contributed by atoms with Crippen molar-refractivity contribution in [2.45, 2.75) is 25.2 Å². The third kappa shape index (κ3) is 4.29.